The number of aryl methyl sites for hydroxylation is 1. The van der Waals surface area contributed by atoms with E-state index in [1.807, 2.05) is 32.0 Å². The quantitative estimate of drug-likeness (QED) is 0.868. The first-order valence-corrected chi connectivity index (χ1v) is 9.00. The van der Waals surface area contributed by atoms with Crippen molar-refractivity contribution in [1.29, 1.82) is 0 Å². The van der Waals surface area contributed by atoms with Crippen LogP contribution in [0.4, 0.5) is 0 Å². The molecule has 24 heavy (non-hydrogen) atoms. The molecule has 0 saturated carbocycles. The highest BCUT2D eigenvalue weighted by Gasteiger charge is 2.24. The molecule has 3 rings (SSSR count). The van der Waals surface area contributed by atoms with Crippen molar-refractivity contribution in [2.45, 2.75) is 32.7 Å². The van der Waals surface area contributed by atoms with Crippen molar-refractivity contribution in [2.75, 3.05) is 13.1 Å². The van der Waals surface area contributed by atoms with Crippen LogP contribution in [0.5, 0.6) is 0 Å². The van der Waals surface area contributed by atoms with Crippen molar-refractivity contribution in [3.05, 3.63) is 40.9 Å². The second-order valence-electron chi connectivity index (χ2n) is 6.11. The number of piperidine rings is 1. The largest absolute Gasteiger partial charge is 0.348 e. The van der Waals surface area contributed by atoms with E-state index in [-0.39, 0.29) is 30.3 Å². The molecule has 1 aliphatic heterocycles. The number of carbonyl (C=O) groups excluding carboxylic acids is 1. The van der Waals surface area contributed by atoms with Crippen molar-refractivity contribution >= 4 is 29.7 Å². The van der Waals surface area contributed by atoms with Gasteiger partial charge in [-0.2, -0.15) is 0 Å². The highest BCUT2D eigenvalue weighted by atomic mass is 35.5. The number of nitrogens with one attached hydrogen (secondary N) is 2. The number of rotatable bonds is 4. The second kappa shape index (κ2) is 8.60. The maximum atomic E-state index is 12.4. The number of halogens is 1. The van der Waals surface area contributed by atoms with Crippen molar-refractivity contribution in [2.24, 2.45) is 5.92 Å². The molecule has 0 spiro atoms. The van der Waals surface area contributed by atoms with E-state index < -0.39 is 0 Å². The Hall–Kier alpha value is -1.43. The van der Waals surface area contributed by atoms with Crippen molar-refractivity contribution in [1.82, 2.24) is 15.6 Å². The fourth-order valence-corrected chi connectivity index (χ4v) is 4.06. The Balaban J connectivity index is 0.00000208. The van der Waals surface area contributed by atoms with Gasteiger partial charge in [-0.15, -0.1) is 23.7 Å². The minimum Gasteiger partial charge on any atom is -0.348 e. The van der Waals surface area contributed by atoms with Crippen LogP contribution in [-0.2, 0) is 4.79 Å². The van der Waals surface area contributed by atoms with Gasteiger partial charge in [0, 0.05) is 12.1 Å². The lowest BCUT2D eigenvalue weighted by molar-refractivity contribution is -0.126. The van der Waals surface area contributed by atoms with Gasteiger partial charge in [0.25, 0.3) is 0 Å². The van der Waals surface area contributed by atoms with E-state index in [1.165, 1.54) is 0 Å². The zero-order valence-corrected chi connectivity index (χ0v) is 15.7. The van der Waals surface area contributed by atoms with Gasteiger partial charge in [-0.05, 0) is 33.2 Å². The maximum absolute atomic E-state index is 12.4. The molecular formula is C18H24ClN3OS. The maximum Gasteiger partial charge on any atom is 0.224 e. The second-order valence-corrected chi connectivity index (χ2v) is 7.14. The molecule has 2 N–H and O–H groups in total. The first-order chi connectivity index (χ1) is 11.1. The Morgan fingerprint density at radius 2 is 2.12 bits per heavy atom. The predicted molar refractivity (Wildman–Crippen MR) is 102 cm³/mol. The van der Waals surface area contributed by atoms with Crippen LogP contribution in [0.25, 0.3) is 10.6 Å². The molecule has 130 valence electrons. The lowest BCUT2D eigenvalue weighted by atomic mass is 9.98. The molecule has 1 amide bonds. The molecule has 6 heteroatoms. The Morgan fingerprint density at radius 1 is 1.38 bits per heavy atom. The summed E-state index contributed by atoms with van der Waals surface area (Å²) in [5, 5.41) is 7.47. The summed E-state index contributed by atoms with van der Waals surface area (Å²) in [4.78, 5) is 18.2. The third kappa shape index (κ3) is 4.35. The van der Waals surface area contributed by atoms with E-state index in [1.54, 1.807) is 11.3 Å². The molecule has 4 nitrogen and oxygen atoms in total. The van der Waals surface area contributed by atoms with Gasteiger partial charge in [0.2, 0.25) is 5.91 Å². The lowest BCUT2D eigenvalue weighted by Gasteiger charge is -2.23. The number of amides is 1. The summed E-state index contributed by atoms with van der Waals surface area (Å²) in [5.41, 5.74) is 2.13. The van der Waals surface area contributed by atoms with Crippen LogP contribution in [-0.4, -0.2) is 24.0 Å². The summed E-state index contributed by atoms with van der Waals surface area (Å²) in [5.74, 6) is 0.242. The summed E-state index contributed by atoms with van der Waals surface area (Å²) in [6.45, 7) is 5.87. The van der Waals surface area contributed by atoms with Gasteiger partial charge >= 0.3 is 0 Å². The minimum absolute atomic E-state index is 0. The third-order valence-electron chi connectivity index (χ3n) is 4.27. The van der Waals surface area contributed by atoms with Crippen LogP contribution in [0.15, 0.2) is 30.3 Å². The normalized spacial score (nSPS) is 18.5. The third-order valence-corrected chi connectivity index (χ3v) is 5.66. The standard InChI is InChI=1S/C18H23N3OS.ClH/c1-12(20-17(22)15-9-6-10-19-11-15)16-13(2)21-18(23-16)14-7-4-3-5-8-14;/h3-5,7-8,12,15,19H,6,9-11H2,1-2H3,(H,20,22);1H. The van der Waals surface area contributed by atoms with E-state index in [4.69, 9.17) is 0 Å². The Bertz CT molecular complexity index is 668. The van der Waals surface area contributed by atoms with Gasteiger partial charge in [-0.1, -0.05) is 30.3 Å². The number of hydrogen-bond donors (Lipinski definition) is 2. The van der Waals surface area contributed by atoms with Crippen molar-refractivity contribution < 1.29 is 4.79 Å². The van der Waals surface area contributed by atoms with Crippen molar-refractivity contribution in [3.8, 4) is 10.6 Å². The van der Waals surface area contributed by atoms with Gasteiger partial charge in [0.05, 0.1) is 22.5 Å². The zero-order chi connectivity index (χ0) is 16.2. The highest BCUT2D eigenvalue weighted by Crippen LogP contribution is 2.31. The lowest BCUT2D eigenvalue weighted by Crippen LogP contribution is -2.41. The average Bonchev–Trinajstić information content (AvgIpc) is 2.98. The van der Waals surface area contributed by atoms with Crippen LogP contribution < -0.4 is 10.6 Å². The van der Waals surface area contributed by atoms with Gasteiger partial charge in [-0.3, -0.25) is 4.79 Å². The number of nitrogens with zero attached hydrogens (tertiary/aromatic N) is 1. The first kappa shape index (κ1) is 18.9. The summed E-state index contributed by atoms with van der Waals surface area (Å²) in [6, 6.07) is 10.2. The fraction of sp³-hybridized carbons (Fsp3) is 0.444. The summed E-state index contributed by atoms with van der Waals surface area (Å²) in [7, 11) is 0. The number of hydrogen-bond acceptors (Lipinski definition) is 4. The molecule has 0 bridgehead atoms. The smallest absolute Gasteiger partial charge is 0.224 e. The molecule has 1 aromatic heterocycles. The highest BCUT2D eigenvalue weighted by molar-refractivity contribution is 7.15. The number of thiazole rings is 1. The monoisotopic (exact) mass is 365 g/mol. The Labute approximate surface area is 153 Å². The van der Waals surface area contributed by atoms with Gasteiger partial charge in [0.1, 0.15) is 5.01 Å². The number of carbonyl (C=O) groups is 1. The molecule has 1 aliphatic rings. The topological polar surface area (TPSA) is 54.0 Å². The van der Waals surface area contributed by atoms with Gasteiger partial charge < -0.3 is 10.6 Å². The summed E-state index contributed by atoms with van der Waals surface area (Å²) < 4.78 is 0. The number of aromatic nitrogens is 1. The van der Waals surface area contributed by atoms with Gasteiger partial charge in [-0.25, -0.2) is 4.98 Å². The molecular weight excluding hydrogens is 342 g/mol. The summed E-state index contributed by atoms with van der Waals surface area (Å²) in [6.07, 6.45) is 2.05. The van der Waals surface area contributed by atoms with E-state index in [0.717, 1.165) is 47.1 Å². The molecule has 0 radical (unpaired) electrons. The van der Waals surface area contributed by atoms with E-state index in [9.17, 15) is 4.79 Å². The van der Waals surface area contributed by atoms with Crippen molar-refractivity contribution in [3.63, 3.8) is 0 Å². The zero-order valence-electron chi connectivity index (χ0n) is 14.0. The Morgan fingerprint density at radius 3 is 2.79 bits per heavy atom. The molecule has 2 heterocycles. The SMILES string of the molecule is Cc1nc(-c2ccccc2)sc1C(C)NC(=O)C1CCCNC1.Cl. The minimum atomic E-state index is -0.000566. The van der Waals surface area contributed by atoms with Gasteiger partial charge in [0.15, 0.2) is 0 Å². The van der Waals surface area contributed by atoms with E-state index in [2.05, 4.69) is 27.8 Å². The average molecular weight is 366 g/mol. The van der Waals surface area contributed by atoms with Crippen LogP contribution in [0.1, 0.15) is 36.4 Å². The number of benzene rings is 1. The molecule has 2 aromatic rings. The Kier molecular flexibility index (Phi) is 6.78. The first-order valence-electron chi connectivity index (χ1n) is 8.19. The van der Waals surface area contributed by atoms with Crippen LogP contribution in [0, 0.1) is 12.8 Å². The summed E-state index contributed by atoms with van der Waals surface area (Å²) >= 11 is 1.67. The molecule has 2 unspecified atom stereocenters. The molecule has 1 fully saturated rings. The molecule has 1 saturated heterocycles. The van der Waals surface area contributed by atoms with E-state index in [0.29, 0.717) is 0 Å². The fourth-order valence-electron chi connectivity index (χ4n) is 2.99. The molecule has 0 aliphatic carbocycles. The van der Waals surface area contributed by atoms with Crippen LogP contribution in [0.2, 0.25) is 0 Å². The van der Waals surface area contributed by atoms with E-state index >= 15 is 0 Å². The molecule has 1 aromatic carbocycles. The molecule has 2 atom stereocenters. The van der Waals surface area contributed by atoms with Crippen LogP contribution in [0.3, 0.4) is 0 Å². The van der Waals surface area contributed by atoms with Crippen LogP contribution >= 0.6 is 23.7 Å². The predicted octanol–water partition coefficient (Wildman–Crippen LogP) is 3.72.